The summed E-state index contributed by atoms with van der Waals surface area (Å²) in [6.45, 7) is 1.32. The summed E-state index contributed by atoms with van der Waals surface area (Å²) >= 11 is 11.7. The number of nitrogens with one attached hydrogen (secondary N) is 2. The highest BCUT2D eigenvalue weighted by molar-refractivity contribution is 7.89. The van der Waals surface area contributed by atoms with Gasteiger partial charge in [0.25, 0.3) is 15.9 Å². The topological polar surface area (TPSA) is 92.3 Å². The Labute approximate surface area is 148 Å². The number of rotatable bonds is 5. The second-order valence-corrected chi connectivity index (χ2v) is 7.29. The molecule has 2 aromatic rings. The van der Waals surface area contributed by atoms with E-state index in [1.165, 1.54) is 49.4 Å². The van der Waals surface area contributed by atoms with Gasteiger partial charge in [-0.3, -0.25) is 15.0 Å². The highest BCUT2D eigenvalue weighted by atomic mass is 35.5. The van der Waals surface area contributed by atoms with Crippen molar-refractivity contribution in [2.45, 2.75) is 11.8 Å². The van der Waals surface area contributed by atoms with Crippen molar-refractivity contribution >= 4 is 44.9 Å². The van der Waals surface area contributed by atoms with Crippen molar-refractivity contribution in [3.63, 3.8) is 0 Å². The van der Waals surface area contributed by atoms with E-state index in [4.69, 9.17) is 23.2 Å². The fourth-order valence-electron chi connectivity index (χ4n) is 1.79. The van der Waals surface area contributed by atoms with Crippen LogP contribution in [-0.4, -0.2) is 20.1 Å². The van der Waals surface area contributed by atoms with Gasteiger partial charge >= 0.3 is 0 Å². The number of sulfonamides is 1. The van der Waals surface area contributed by atoms with Crippen molar-refractivity contribution in [1.29, 1.82) is 0 Å². The van der Waals surface area contributed by atoms with Gasteiger partial charge in [0.2, 0.25) is 0 Å². The number of ketones is 1. The number of benzene rings is 2. The highest BCUT2D eigenvalue weighted by Crippen LogP contribution is 2.20. The summed E-state index contributed by atoms with van der Waals surface area (Å²) in [7, 11) is -4.05. The Morgan fingerprint density at radius 3 is 2.42 bits per heavy atom. The zero-order valence-corrected chi connectivity index (χ0v) is 14.7. The fraction of sp³-hybridized carbons (Fsp3) is 0.0667. The fourth-order valence-corrected chi connectivity index (χ4v) is 3.05. The smallest absolute Gasteiger partial charge is 0.267 e. The van der Waals surface area contributed by atoms with Crippen molar-refractivity contribution in [1.82, 2.24) is 10.3 Å². The zero-order chi connectivity index (χ0) is 17.9. The third-order valence-corrected chi connectivity index (χ3v) is 4.83. The Morgan fingerprint density at radius 1 is 1.04 bits per heavy atom. The van der Waals surface area contributed by atoms with Crippen LogP contribution in [0, 0.1) is 0 Å². The van der Waals surface area contributed by atoms with Crippen molar-refractivity contribution < 1.29 is 18.0 Å². The van der Waals surface area contributed by atoms with E-state index in [9.17, 15) is 18.0 Å². The largest absolute Gasteiger partial charge is 0.295 e. The van der Waals surface area contributed by atoms with Crippen LogP contribution < -0.4 is 10.3 Å². The molecular formula is C15H12Cl2N2O4S. The Hall–Kier alpha value is -1.93. The van der Waals surface area contributed by atoms with Gasteiger partial charge in [0, 0.05) is 10.6 Å². The van der Waals surface area contributed by atoms with Gasteiger partial charge in [-0.2, -0.15) is 0 Å². The maximum Gasteiger partial charge on any atom is 0.267 e. The summed E-state index contributed by atoms with van der Waals surface area (Å²) in [6.07, 6.45) is 0. The molecule has 2 aromatic carbocycles. The van der Waals surface area contributed by atoms with Gasteiger partial charge in [-0.25, -0.2) is 8.42 Å². The van der Waals surface area contributed by atoms with Gasteiger partial charge in [-0.1, -0.05) is 35.3 Å². The summed E-state index contributed by atoms with van der Waals surface area (Å²) < 4.78 is 24.4. The lowest BCUT2D eigenvalue weighted by atomic mass is 10.2. The lowest BCUT2D eigenvalue weighted by molar-refractivity contribution is 0.0944. The molecule has 0 saturated heterocycles. The minimum atomic E-state index is -4.05. The van der Waals surface area contributed by atoms with Gasteiger partial charge in [-0.05, 0) is 37.3 Å². The summed E-state index contributed by atoms with van der Waals surface area (Å²) in [5.41, 5.74) is 2.31. The highest BCUT2D eigenvalue weighted by Gasteiger charge is 2.18. The predicted molar refractivity (Wildman–Crippen MR) is 90.7 cm³/mol. The molecule has 2 N–H and O–H groups in total. The van der Waals surface area contributed by atoms with Crippen molar-refractivity contribution in [2.75, 3.05) is 0 Å². The monoisotopic (exact) mass is 386 g/mol. The first-order valence-corrected chi connectivity index (χ1v) is 8.83. The first-order valence-electron chi connectivity index (χ1n) is 6.59. The van der Waals surface area contributed by atoms with Crippen LogP contribution in [0.2, 0.25) is 10.0 Å². The molecule has 0 unspecified atom stereocenters. The molecule has 0 heterocycles. The molecule has 0 aliphatic rings. The number of carbonyl (C=O) groups excluding carboxylic acids is 2. The maximum atomic E-state index is 12.2. The number of hydrogen-bond donors (Lipinski definition) is 2. The molecule has 0 aliphatic heterocycles. The first kappa shape index (κ1) is 18.4. The van der Waals surface area contributed by atoms with Gasteiger partial charge < -0.3 is 0 Å². The van der Waals surface area contributed by atoms with Crippen LogP contribution in [0.5, 0.6) is 0 Å². The molecule has 0 atom stereocenters. The summed E-state index contributed by atoms with van der Waals surface area (Å²) in [5.74, 6) is -1.05. The SMILES string of the molecule is CC(=O)c1cccc(S(=O)(=O)NNC(=O)c2cc(Cl)ccc2Cl)c1. The molecule has 0 saturated carbocycles. The molecule has 0 spiro atoms. The maximum absolute atomic E-state index is 12.2. The summed E-state index contributed by atoms with van der Waals surface area (Å²) in [5, 5.41) is 0.399. The van der Waals surface area contributed by atoms with Gasteiger partial charge in [0.15, 0.2) is 5.78 Å². The number of hydrazine groups is 1. The minimum absolute atomic E-state index is 0.0179. The Bertz CT molecular complexity index is 913. The van der Waals surface area contributed by atoms with Crippen LogP contribution in [0.1, 0.15) is 27.6 Å². The van der Waals surface area contributed by atoms with Crippen LogP contribution in [0.4, 0.5) is 0 Å². The van der Waals surface area contributed by atoms with Gasteiger partial charge in [0.05, 0.1) is 15.5 Å². The molecular weight excluding hydrogens is 375 g/mol. The van der Waals surface area contributed by atoms with E-state index in [0.717, 1.165) is 0 Å². The van der Waals surface area contributed by atoms with Crippen LogP contribution >= 0.6 is 23.2 Å². The number of Topliss-reactive ketones (excluding diaryl/α,β-unsaturated/α-hetero) is 1. The Balaban J connectivity index is 2.18. The summed E-state index contributed by atoms with van der Waals surface area (Å²) in [4.78, 5) is 25.2. The molecule has 126 valence electrons. The van der Waals surface area contributed by atoms with E-state index in [-0.39, 0.29) is 31.9 Å². The average Bonchev–Trinajstić information content (AvgIpc) is 2.55. The van der Waals surface area contributed by atoms with E-state index >= 15 is 0 Å². The lowest BCUT2D eigenvalue weighted by Gasteiger charge is -2.10. The van der Waals surface area contributed by atoms with E-state index in [1.807, 2.05) is 10.3 Å². The lowest BCUT2D eigenvalue weighted by Crippen LogP contribution is -2.41. The van der Waals surface area contributed by atoms with Crippen molar-refractivity contribution in [3.05, 3.63) is 63.6 Å². The Morgan fingerprint density at radius 2 is 1.75 bits per heavy atom. The standard InChI is InChI=1S/C15H12Cl2N2O4S/c1-9(20)10-3-2-4-12(7-10)24(22,23)19-18-15(21)13-8-11(16)5-6-14(13)17/h2-8,19H,1H3,(H,18,21). The van der Waals surface area contributed by atoms with Crippen molar-refractivity contribution in [2.24, 2.45) is 0 Å². The molecule has 6 nitrogen and oxygen atoms in total. The van der Waals surface area contributed by atoms with Gasteiger partial charge in [0.1, 0.15) is 0 Å². The molecule has 1 amide bonds. The Kier molecular flexibility index (Phi) is 5.61. The number of halogens is 2. The second-order valence-electron chi connectivity index (χ2n) is 4.77. The third-order valence-electron chi connectivity index (χ3n) is 3.02. The number of hydrogen-bond acceptors (Lipinski definition) is 4. The van der Waals surface area contributed by atoms with Crippen LogP contribution in [0.15, 0.2) is 47.4 Å². The average molecular weight is 387 g/mol. The molecule has 24 heavy (non-hydrogen) atoms. The molecule has 0 bridgehead atoms. The van der Waals surface area contributed by atoms with Gasteiger partial charge in [-0.15, -0.1) is 4.83 Å². The van der Waals surface area contributed by atoms with Crippen molar-refractivity contribution in [3.8, 4) is 0 Å². The molecule has 0 fully saturated rings. The molecule has 0 radical (unpaired) electrons. The predicted octanol–water partition coefficient (Wildman–Crippen LogP) is 2.82. The molecule has 9 heteroatoms. The third kappa shape index (κ3) is 4.33. The number of amides is 1. The van der Waals surface area contributed by atoms with Crippen LogP contribution in [0.3, 0.4) is 0 Å². The summed E-state index contributed by atoms with van der Waals surface area (Å²) in [6, 6.07) is 9.66. The first-order chi connectivity index (χ1) is 11.2. The second kappa shape index (κ2) is 7.31. The zero-order valence-electron chi connectivity index (χ0n) is 12.3. The number of carbonyl (C=O) groups is 2. The van der Waals surface area contributed by atoms with E-state index < -0.39 is 15.9 Å². The molecule has 2 rings (SSSR count). The quantitative estimate of drug-likeness (QED) is 0.610. The van der Waals surface area contributed by atoms with E-state index in [2.05, 4.69) is 0 Å². The molecule has 0 aliphatic carbocycles. The van der Waals surface area contributed by atoms with E-state index in [1.54, 1.807) is 0 Å². The van der Waals surface area contributed by atoms with Crippen LogP contribution in [-0.2, 0) is 10.0 Å². The normalized spacial score (nSPS) is 11.1. The minimum Gasteiger partial charge on any atom is -0.295 e. The van der Waals surface area contributed by atoms with E-state index in [0.29, 0.717) is 0 Å². The van der Waals surface area contributed by atoms with Crippen LogP contribution in [0.25, 0.3) is 0 Å². The molecule has 0 aromatic heterocycles.